The minimum Gasteiger partial charge on any atom is -0.405 e. The Morgan fingerprint density at radius 3 is 2.31 bits per heavy atom. The zero-order chi connectivity index (χ0) is 25.5. The summed E-state index contributed by atoms with van der Waals surface area (Å²) in [5.74, 6) is 0.757. The van der Waals surface area contributed by atoms with Crippen molar-refractivity contribution < 1.29 is 22.7 Å². The molecular formula is C25H27F3N6O2. The van der Waals surface area contributed by atoms with E-state index in [0.29, 0.717) is 30.6 Å². The third-order valence-electron chi connectivity index (χ3n) is 5.97. The van der Waals surface area contributed by atoms with Crippen LogP contribution in [0.3, 0.4) is 0 Å². The number of ether oxygens (including phenoxy) is 1. The number of carbonyl (C=O) groups excluding carboxylic acids is 1. The monoisotopic (exact) mass is 500 g/mol. The third-order valence-corrected chi connectivity index (χ3v) is 5.97. The van der Waals surface area contributed by atoms with Gasteiger partial charge < -0.3 is 20.7 Å². The summed E-state index contributed by atoms with van der Waals surface area (Å²) in [5.41, 5.74) is 1.14. The van der Waals surface area contributed by atoms with Crippen LogP contribution in [0.15, 0.2) is 54.6 Å². The first-order chi connectivity index (χ1) is 17.3. The smallest absolute Gasteiger partial charge is 0.405 e. The van der Waals surface area contributed by atoms with Crippen molar-refractivity contribution in [2.24, 2.45) is 5.92 Å². The van der Waals surface area contributed by atoms with Gasteiger partial charge in [0, 0.05) is 36.7 Å². The maximum Gasteiger partial charge on any atom is 0.573 e. The lowest BCUT2D eigenvalue weighted by atomic mass is 9.85. The van der Waals surface area contributed by atoms with Gasteiger partial charge in [0.25, 0.3) is 0 Å². The van der Waals surface area contributed by atoms with Gasteiger partial charge in [-0.3, -0.25) is 4.79 Å². The number of hydrogen-bond donors (Lipinski definition) is 3. The van der Waals surface area contributed by atoms with Crippen molar-refractivity contribution in [2.45, 2.75) is 44.6 Å². The number of halogens is 3. The number of rotatable bonds is 8. The maximum absolute atomic E-state index is 12.7. The molecule has 36 heavy (non-hydrogen) atoms. The van der Waals surface area contributed by atoms with Gasteiger partial charge in [0.1, 0.15) is 5.75 Å². The van der Waals surface area contributed by atoms with E-state index in [0.717, 1.165) is 18.4 Å². The highest BCUT2D eigenvalue weighted by Crippen LogP contribution is 2.29. The van der Waals surface area contributed by atoms with Gasteiger partial charge in [0.2, 0.25) is 17.8 Å². The number of nitrogens with zero attached hydrogens (tertiary/aromatic N) is 3. The van der Waals surface area contributed by atoms with E-state index in [1.54, 1.807) is 13.1 Å². The lowest BCUT2D eigenvalue weighted by Crippen LogP contribution is -2.36. The van der Waals surface area contributed by atoms with Crippen LogP contribution in [-0.2, 0) is 11.3 Å². The van der Waals surface area contributed by atoms with Gasteiger partial charge in [-0.1, -0.05) is 48.5 Å². The molecule has 0 radical (unpaired) electrons. The first-order valence-electron chi connectivity index (χ1n) is 11.7. The molecule has 11 heteroatoms. The number of hydrogen-bond acceptors (Lipinski definition) is 7. The molecule has 0 bridgehead atoms. The Labute approximate surface area is 206 Å². The lowest BCUT2D eigenvalue weighted by Gasteiger charge is -2.28. The number of aromatic nitrogens is 3. The van der Waals surface area contributed by atoms with Gasteiger partial charge in [-0.2, -0.15) is 15.0 Å². The summed E-state index contributed by atoms with van der Waals surface area (Å²) in [5, 5.41) is 9.06. The Hall–Kier alpha value is -3.89. The molecule has 3 N–H and O–H groups in total. The van der Waals surface area contributed by atoms with Crippen molar-refractivity contribution in [3.8, 4) is 17.1 Å². The second-order valence-electron chi connectivity index (χ2n) is 8.49. The molecule has 0 spiro atoms. The molecule has 2 aromatic carbocycles. The van der Waals surface area contributed by atoms with Crippen LogP contribution in [0.25, 0.3) is 11.4 Å². The Morgan fingerprint density at radius 2 is 1.61 bits per heavy atom. The summed E-state index contributed by atoms with van der Waals surface area (Å²) in [7, 11) is 1.74. The standard InChI is InChI=1S/C25H27F3N6O2/c1-29-23-32-21(16-7-3-2-4-8-16)33-24(34-23)31-19-13-11-17(12-14-19)22(35)30-15-18-9-5-6-10-20(18)36-25(26,27)28/h2-10,17,19H,11-15H2,1H3,(H,30,35)(H2,29,31,32,33,34)/t17-,19-. The van der Waals surface area contributed by atoms with Crippen molar-refractivity contribution in [1.82, 2.24) is 20.3 Å². The minimum atomic E-state index is -4.79. The highest BCUT2D eigenvalue weighted by molar-refractivity contribution is 5.78. The Morgan fingerprint density at radius 1 is 0.944 bits per heavy atom. The average Bonchev–Trinajstić information content (AvgIpc) is 2.88. The van der Waals surface area contributed by atoms with E-state index >= 15 is 0 Å². The van der Waals surface area contributed by atoms with E-state index in [9.17, 15) is 18.0 Å². The second kappa shape index (κ2) is 11.2. The van der Waals surface area contributed by atoms with Crippen LogP contribution in [0.4, 0.5) is 25.1 Å². The molecule has 1 saturated carbocycles. The van der Waals surface area contributed by atoms with Crippen molar-refractivity contribution in [3.63, 3.8) is 0 Å². The van der Waals surface area contributed by atoms with E-state index in [2.05, 4.69) is 35.6 Å². The summed E-state index contributed by atoms with van der Waals surface area (Å²) in [6.45, 7) is -0.0385. The molecule has 1 heterocycles. The van der Waals surface area contributed by atoms with E-state index in [4.69, 9.17) is 0 Å². The molecule has 1 aliphatic carbocycles. The zero-order valence-electron chi connectivity index (χ0n) is 19.7. The highest BCUT2D eigenvalue weighted by atomic mass is 19.4. The Kier molecular flexibility index (Phi) is 7.87. The fraction of sp³-hybridized carbons (Fsp3) is 0.360. The quantitative estimate of drug-likeness (QED) is 0.410. The average molecular weight is 501 g/mol. The second-order valence-corrected chi connectivity index (χ2v) is 8.49. The molecule has 1 amide bonds. The summed E-state index contributed by atoms with van der Waals surface area (Å²) in [4.78, 5) is 26.1. The van der Waals surface area contributed by atoms with Gasteiger partial charge in [-0.15, -0.1) is 13.2 Å². The van der Waals surface area contributed by atoms with E-state index < -0.39 is 6.36 Å². The molecule has 0 unspecified atom stereocenters. The number of amides is 1. The summed E-state index contributed by atoms with van der Waals surface area (Å²) in [6.07, 6.45) is -2.06. The van der Waals surface area contributed by atoms with Gasteiger partial charge in [0.05, 0.1) is 0 Å². The Balaban J connectivity index is 1.31. The number of benzene rings is 2. The normalized spacial score (nSPS) is 17.8. The zero-order valence-corrected chi connectivity index (χ0v) is 19.7. The number of nitrogens with one attached hydrogen (secondary N) is 3. The minimum absolute atomic E-state index is 0.0385. The SMILES string of the molecule is CNc1nc(N[C@H]2CC[C@H](C(=O)NCc3ccccc3OC(F)(F)F)CC2)nc(-c2ccccc2)n1. The molecule has 1 aliphatic rings. The van der Waals surface area contributed by atoms with Crippen molar-refractivity contribution in [1.29, 1.82) is 0 Å². The fourth-order valence-electron chi connectivity index (χ4n) is 4.15. The van der Waals surface area contributed by atoms with Crippen LogP contribution in [0.1, 0.15) is 31.2 Å². The molecule has 3 aromatic rings. The molecule has 0 aliphatic heterocycles. The molecule has 1 fully saturated rings. The van der Waals surface area contributed by atoms with Gasteiger partial charge in [-0.25, -0.2) is 0 Å². The molecule has 8 nitrogen and oxygen atoms in total. The van der Waals surface area contributed by atoms with E-state index in [1.165, 1.54) is 18.2 Å². The number of carbonyl (C=O) groups is 1. The Bertz CT molecular complexity index is 1170. The lowest BCUT2D eigenvalue weighted by molar-refractivity contribution is -0.274. The van der Waals surface area contributed by atoms with Crippen LogP contribution in [-0.4, -0.2) is 40.3 Å². The van der Waals surface area contributed by atoms with Crippen LogP contribution in [0.5, 0.6) is 5.75 Å². The fourth-order valence-corrected chi connectivity index (χ4v) is 4.15. The number of alkyl halides is 3. The van der Waals surface area contributed by atoms with Crippen molar-refractivity contribution >= 4 is 17.8 Å². The molecule has 0 atom stereocenters. The predicted octanol–water partition coefficient (Wildman–Crippen LogP) is 4.77. The molecular weight excluding hydrogens is 473 g/mol. The summed E-state index contributed by atoms with van der Waals surface area (Å²) < 4.78 is 41.9. The van der Waals surface area contributed by atoms with Crippen molar-refractivity contribution in [2.75, 3.05) is 17.7 Å². The van der Waals surface area contributed by atoms with Crippen LogP contribution < -0.4 is 20.7 Å². The van der Waals surface area contributed by atoms with Gasteiger partial charge in [0.15, 0.2) is 5.82 Å². The molecule has 4 rings (SSSR count). The molecule has 190 valence electrons. The first kappa shape index (κ1) is 25.2. The topological polar surface area (TPSA) is 101 Å². The number of para-hydroxylation sites is 1. The van der Waals surface area contributed by atoms with E-state index in [1.807, 2.05) is 30.3 Å². The first-order valence-corrected chi connectivity index (χ1v) is 11.7. The van der Waals surface area contributed by atoms with Crippen LogP contribution in [0, 0.1) is 5.92 Å². The van der Waals surface area contributed by atoms with Crippen molar-refractivity contribution in [3.05, 3.63) is 60.2 Å². The van der Waals surface area contributed by atoms with Crippen LogP contribution >= 0.6 is 0 Å². The number of anilines is 2. The predicted molar refractivity (Wildman–Crippen MR) is 129 cm³/mol. The molecule has 0 saturated heterocycles. The van der Waals surface area contributed by atoms with Crippen LogP contribution in [0.2, 0.25) is 0 Å². The largest absolute Gasteiger partial charge is 0.573 e. The summed E-state index contributed by atoms with van der Waals surface area (Å²) >= 11 is 0. The highest BCUT2D eigenvalue weighted by Gasteiger charge is 2.32. The summed E-state index contributed by atoms with van der Waals surface area (Å²) in [6, 6.07) is 15.5. The maximum atomic E-state index is 12.7. The van der Waals surface area contributed by atoms with Gasteiger partial charge >= 0.3 is 6.36 Å². The van der Waals surface area contributed by atoms with Gasteiger partial charge in [-0.05, 0) is 31.7 Å². The van der Waals surface area contributed by atoms with E-state index in [-0.39, 0.29) is 35.7 Å². The third kappa shape index (κ3) is 6.83. The molecule has 1 aromatic heterocycles.